The van der Waals surface area contributed by atoms with Gasteiger partial charge in [-0.05, 0) is 43.2 Å². The van der Waals surface area contributed by atoms with Crippen molar-refractivity contribution in [2.75, 3.05) is 0 Å². The summed E-state index contributed by atoms with van der Waals surface area (Å²) in [6, 6.07) is 13.6. The zero-order valence-corrected chi connectivity index (χ0v) is 15.1. The molecule has 124 valence electrons. The van der Waals surface area contributed by atoms with E-state index in [0.717, 1.165) is 23.5 Å². The topological polar surface area (TPSA) is 43.8 Å². The predicted molar refractivity (Wildman–Crippen MR) is 101 cm³/mol. The molecule has 1 atom stereocenters. The van der Waals surface area contributed by atoms with Crippen molar-refractivity contribution in [1.29, 1.82) is 0 Å². The molecule has 2 aromatic carbocycles. The minimum Gasteiger partial charge on any atom is -0.328 e. The lowest BCUT2D eigenvalue weighted by molar-refractivity contribution is 0.674. The molecule has 3 rings (SSSR count). The highest BCUT2D eigenvalue weighted by atomic mass is 35.5. The number of rotatable bonds is 4. The number of hydrogen-bond acceptors (Lipinski definition) is 2. The Bertz CT molecular complexity index is 869. The number of hydrogen-bond donors (Lipinski definition) is 1. The summed E-state index contributed by atoms with van der Waals surface area (Å²) in [7, 11) is 0. The molecule has 1 aromatic heterocycles. The Kier molecular flexibility index (Phi) is 4.95. The summed E-state index contributed by atoms with van der Waals surface area (Å²) < 4.78 is 2.09. The molecule has 1 heterocycles. The van der Waals surface area contributed by atoms with Crippen molar-refractivity contribution in [3.05, 3.63) is 75.7 Å². The van der Waals surface area contributed by atoms with E-state index in [4.69, 9.17) is 28.9 Å². The molecule has 0 saturated carbocycles. The van der Waals surface area contributed by atoms with Crippen LogP contribution in [0.25, 0.3) is 11.3 Å². The van der Waals surface area contributed by atoms with Gasteiger partial charge in [0.25, 0.3) is 0 Å². The summed E-state index contributed by atoms with van der Waals surface area (Å²) in [6.45, 7) is 4.79. The van der Waals surface area contributed by atoms with Gasteiger partial charge in [0.1, 0.15) is 0 Å². The Labute approximate surface area is 152 Å². The number of benzene rings is 2. The van der Waals surface area contributed by atoms with Crippen LogP contribution in [-0.4, -0.2) is 9.55 Å². The standard InChI is InChI=1S/C19H19Cl2N3/c1-12-5-3-4-6-14(12)10-24-11-23-18(19(24)13(2)22)16-8-7-15(20)9-17(16)21/h3-9,11,13H,10,22H2,1-2H3. The van der Waals surface area contributed by atoms with Crippen LogP contribution in [0.4, 0.5) is 0 Å². The second-order valence-corrected chi connectivity index (χ2v) is 6.79. The van der Waals surface area contributed by atoms with E-state index in [1.165, 1.54) is 11.1 Å². The van der Waals surface area contributed by atoms with Gasteiger partial charge in [-0.3, -0.25) is 0 Å². The summed E-state index contributed by atoms with van der Waals surface area (Å²) in [6.07, 6.45) is 1.82. The first kappa shape index (κ1) is 17.0. The average Bonchev–Trinajstić information content (AvgIpc) is 2.93. The van der Waals surface area contributed by atoms with Crippen molar-refractivity contribution in [3.63, 3.8) is 0 Å². The van der Waals surface area contributed by atoms with Gasteiger partial charge in [0.15, 0.2) is 0 Å². The van der Waals surface area contributed by atoms with E-state index in [9.17, 15) is 0 Å². The Hall–Kier alpha value is -1.81. The number of aryl methyl sites for hydroxylation is 1. The number of imidazole rings is 1. The summed E-state index contributed by atoms with van der Waals surface area (Å²) in [5, 5.41) is 1.18. The Morgan fingerprint density at radius 2 is 1.92 bits per heavy atom. The Morgan fingerprint density at radius 3 is 2.58 bits per heavy atom. The Balaban J connectivity index is 2.07. The molecule has 0 saturated heterocycles. The van der Waals surface area contributed by atoms with Crippen molar-refractivity contribution in [1.82, 2.24) is 9.55 Å². The minimum absolute atomic E-state index is 0.168. The molecule has 1 unspecified atom stereocenters. The molecular formula is C19H19Cl2N3. The van der Waals surface area contributed by atoms with Gasteiger partial charge in [0.2, 0.25) is 0 Å². The van der Waals surface area contributed by atoms with Crippen LogP contribution in [0.5, 0.6) is 0 Å². The maximum atomic E-state index is 6.36. The molecule has 3 aromatic rings. The van der Waals surface area contributed by atoms with Crippen molar-refractivity contribution in [2.45, 2.75) is 26.4 Å². The fraction of sp³-hybridized carbons (Fsp3) is 0.211. The molecule has 3 nitrogen and oxygen atoms in total. The van der Waals surface area contributed by atoms with Crippen LogP contribution >= 0.6 is 23.2 Å². The highest BCUT2D eigenvalue weighted by Gasteiger charge is 2.19. The zero-order valence-electron chi connectivity index (χ0n) is 13.6. The third-order valence-corrected chi connectivity index (χ3v) is 4.65. The fourth-order valence-electron chi connectivity index (χ4n) is 2.86. The monoisotopic (exact) mass is 359 g/mol. The van der Waals surface area contributed by atoms with Gasteiger partial charge in [-0.25, -0.2) is 4.98 Å². The number of nitrogens with two attached hydrogens (primary N) is 1. The quantitative estimate of drug-likeness (QED) is 0.692. The van der Waals surface area contributed by atoms with E-state index < -0.39 is 0 Å². The lowest BCUT2D eigenvalue weighted by Crippen LogP contribution is -2.14. The van der Waals surface area contributed by atoms with E-state index in [1.807, 2.05) is 37.5 Å². The van der Waals surface area contributed by atoms with Gasteiger partial charge in [-0.2, -0.15) is 0 Å². The first-order valence-corrected chi connectivity index (χ1v) is 8.53. The molecule has 0 spiro atoms. The van der Waals surface area contributed by atoms with Gasteiger partial charge < -0.3 is 10.3 Å². The van der Waals surface area contributed by atoms with Crippen LogP contribution < -0.4 is 5.73 Å². The molecular weight excluding hydrogens is 341 g/mol. The lowest BCUT2D eigenvalue weighted by atomic mass is 10.1. The van der Waals surface area contributed by atoms with Crippen molar-refractivity contribution < 1.29 is 0 Å². The molecule has 0 amide bonds. The van der Waals surface area contributed by atoms with Gasteiger partial charge >= 0.3 is 0 Å². The number of aromatic nitrogens is 2. The van der Waals surface area contributed by atoms with Gasteiger partial charge in [0, 0.05) is 23.2 Å². The molecule has 0 aliphatic heterocycles. The van der Waals surface area contributed by atoms with Crippen molar-refractivity contribution in [2.24, 2.45) is 5.73 Å². The minimum atomic E-state index is -0.168. The maximum Gasteiger partial charge on any atom is 0.0959 e. The zero-order chi connectivity index (χ0) is 17.3. The first-order chi connectivity index (χ1) is 11.5. The van der Waals surface area contributed by atoms with Gasteiger partial charge in [-0.1, -0.05) is 47.5 Å². The van der Waals surface area contributed by atoms with Crippen LogP contribution in [-0.2, 0) is 6.54 Å². The van der Waals surface area contributed by atoms with E-state index >= 15 is 0 Å². The molecule has 2 N–H and O–H groups in total. The average molecular weight is 360 g/mol. The van der Waals surface area contributed by atoms with Crippen LogP contribution in [0, 0.1) is 6.92 Å². The largest absolute Gasteiger partial charge is 0.328 e. The molecule has 5 heteroatoms. The van der Waals surface area contributed by atoms with Crippen molar-refractivity contribution in [3.8, 4) is 11.3 Å². The number of halogens is 2. The van der Waals surface area contributed by atoms with Crippen LogP contribution in [0.15, 0.2) is 48.8 Å². The highest BCUT2D eigenvalue weighted by Crippen LogP contribution is 2.33. The SMILES string of the molecule is Cc1ccccc1Cn1cnc(-c2ccc(Cl)cc2Cl)c1C(C)N. The predicted octanol–water partition coefficient (Wildman–Crippen LogP) is 5.23. The fourth-order valence-corrected chi connectivity index (χ4v) is 3.35. The van der Waals surface area contributed by atoms with E-state index in [-0.39, 0.29) is 6.04 Å². The second-order valence-electron chi connectivity index (χ2n) is 5.95. The summed E-state index contributed by atoms with van der Waals surface area (Å²) in [5.74, 6) is 0. The maximum absolute atomic E-state index is 6.36. The second kappa shape index (κ2) is 6.98. The van der Waals surface area contributed by atoms with Crippen LogP contribution in [0.3, 0.4) is 0 Å². The summed E-state index contributed by atoms with van der Waals surface area (Å²) in [5.41, 5.74) is 11.3. The summed E-state index contributed by atoms with van der Waals surface area (Å²) in [4.78, 5) is 4.58. The summed E-state index contributed by atoms with van der Waals surface area (Å²) >= 11 is 12.4. The smallest absolute Gasteiger partial charge is 0.0959 e. The first-order valence-electron chi connectivity index (χ1n) is 7.78. The molecule has 0 bridgehead atoms. The number of nitrogens with zero attached hydrogens (tertiary/aromatic N) is 2. The third-order valence-electron chi connectivity index (χ3n) is 4.10. The Morgan fingerprint density at radius 1 is 1.17 bits per heavy atom. The van der Waals surface area contributed by atoms with E-state index in [2.05, 4.69) is 28.6 Å². The van der Waals surface area contributed by atoms with E-state index in [0.29, 0.717) is 10.0 Å². The molecule has 0 aliphatic rings. The molecule has 0 aliphatic carbocycles. The highest BCUT2D eigenvalue weighted by molar-refractivity contribution is 6.36. The normalized spacial score (nSPS) is 12.4. The lowest BCUT2D eigenvalue weighted by Gasteiger charge is -2.15. The third kappa shape index (κ3) is 3.34. The molecule has 0 fully saturated rings. The molecule has 24 heavy (non-hydrogen) atoms. The van der Waals surface area contributed by atoms with Crippen LogP contribution in [0.1, 0.15) is 29.8 Å². The van der Waals surface area contributed by atoms with Gasteiger partial charge in [-0.15, -0.1) is 0 Å². The molecule has 0 radical (unpaired) electrons. The van der Waals surface area contributed by atoms with Crippen molar-refractivity contribution >= 4 is 23.2 Å². The van der Waals surface area contributed by atoms with Gasteiger partial charge in [0.05, 0.1) is 22.7 Å². The van der Waals surface area contributed by atoms with E-state index in [1.54, 1.807) is 6.07 Å². The van der Waals surface area contributed by atoms with Crippen LogP contribution in [0.2, 0.25) is 10.0 Å².